The van der Waals surface area contributed by atoms with Crippen molar-refractivity contribution in [3.8, 4) is 11.1 Å². The third-order valence-electron chi connectivity index (χ3n) is 6.71. The van der Waals surface area contributed by atoms with E-state index in [-0.39, 0.29) is 0 Å². The number of benzene rings is 6. The molecule has 170 valence electrons. The van der Waals surface area contributed by atoms with E-state index in [0.717, 1.165) is 0 Å². The van der Waals surface area contributed by atoms with Crippen LogP contribution in [0, 0.1) is 0 Å². The van der Waals surface area contributed by atoms with E-state index in [2.05, 4.69) is 158 Å². The van der Waals surface area contributed by atoms with Crippen LogP contribution in [0.2, 0.25) is 0 Å². The summed E-state index contributed by atoms with van der Waals surface area (Å²) in [7, 11) is 0. The molecule has 0 atom stereocenters. The molecule has 0 heteroatoms. The van der Waals surface area contributed by atoms with Gasteiger partial charge in [-0.3, -0.25) is 0 Å². The Balaban J connectivity index is 1.57. The summed E-state index contributed by atoms with van der Waals surface area (Å²) in [4.78, 5) is 0. The molecule has 0 aliphatic heterocycles. The fourth-order valence-electron chi connectivity index (χ4n) is 5.02. The average molecular weight is 459 g/mol. The zero-order valence-electron chi connectivity index (χ0n) is 20.0. The van der Waals surface area contributed by atoms with Crippen LogP contribution in [-0.2, 0) is 0 Å². The molecule has 0 heterocycles. The number of rotatable bonds is 5. The van der Waals surface area contributed by atoms with Crippen LogP contribution in [0.4, 0.5) is 0 Å². The Hall–Kier alpha value is -4.68. The highest BCUT2D eigenvalue weighted by Crippen LogP contribution is 2.38. The lowest BCUT2D eigenvalue weighted by Gasteiger charge is -2.18. The summed E-state index contributed by atoms with van der Waals surface area (Å²) in [5.74, 6) is 0. The molecule has 0 amide bonds. The Bertz CT molecular complexity index is 1580. The van der Waals surface area contributed by atoms with Gasteiger partial charge in [0.25, 0.3) is 0 Å². The van der Waals surface area contributed by atoms with Gasteiger partial charge < -0.3 is 0 Å². The Kier molecular flexibility index (Phi) is 6.00. The van der Waals surface area contributed by atoms with E-state index in [1.54, 1.807) is 0 Å². The van der Waals surface area contributed by atoms with Crippen molar-refractivity contribution in [2.24, 2.45) is 0 Å². The molecule has 0 aliphatic rings. The summed E-state index contributed by atoms with van der Waals surface area (Å²) >= 11 is 0. The van der Waals surface area contributed by atoms with Gasteiger partial charge in [-0.1, -0.05) is 158 Å². The largest absolute Gasteiger partial charge is 0.0622 e. The fraction of sp³-hybridized carbons (Fsp3) is 0. The summed E-state index contributed by atoms with van der Waals surface area (Å²) in [5, 5.41) is 2.54. The van der Waals surface area contributed by atoms with E-state index in [0.29, 0.717) is 0 Å². The van der Waals surface area contributed by atoms with E-state index >= 15 is 0 Å². The first-order chi connectivity index (χ1) is 17.9. The van der Waals surface area contributed by atoms with E-state index in [9.17, 15) is 0 Å². The van der Waals surface area contributed by atoms with Crippen LogP contribution in [0.25, 0.3) is 33.0 Å². The summed E-state index contributed by atoms with van der Waals surface area (Å²) < 4.78 is 0. The quantitative estimate of drug-likeness (QED) is 0.226. The molecule has 6 aromatic carbocycles. The molecule has 0 N–H and O–H groups in total. The van der Waals surface area contributed by atoms with Crippen molar-refractivity contribution in [3.05, 3.63) is 180 Å². The molecule has 6 aromatic rings. The van der Waals surface area contributed by atoms with Crippen molar-refractivity contribution in [2.75, 3.05) is 0 Å². The Morgan fingerprint density at radius 3 is 1.25 bits per heavy atom. The number of fused-ring (bicyclic) bond motifs is 1. The molecule has 0 spiro atoms. The van der Waals surface area contributed by atoms with Crippen LogP contribution in [0.15, 0.2) is 158 Å². The van der Waals surface area contributed by atoms with Crippen molar-refractivity contribution in [1.29, 1.82) is 0 Å². The zero-order chi connectivity index (χ0) is 24.2. The smallest absolute Gasteiger partial charge is 0.00268 e. The van der Waals surface area contributed by atoms with Gasteiger partial charge in [0.15, 0.2) is 0 Å². The van der Waals surface area contributed by atoms with E-state index in [4.69, 9.17) is 0 Å². The van der Waals surface area contributed by atoms with Crippen LogP contribution in [0.5, 0.6) is 0 Å². The summed E-state index contributed by atoms with van der Waals surface area (Å²) in [6.45, 7) is 0. The molecule has 0 aromatic heterocycles. The van der Waals surface area contributed by atoms with E-state index in [1.807, 2.05) is 0 Å². The van der Waals surface area contributed by atoms with Gasteiger partial charge >= 0.3 is 0 Å². The molecule has 6 rings (SSSR count). The molecule has 0 nitrogen and oxygen atoms in total. The maximum Gasteiger partial charge on any atom is -0.00268 e. The predicted molar refractivity (Wildman–Crippen MR) is 154 cm³/mol. The summed E-state index contributed by atoms with van der Waals surface area (Å²) in [6.07, 6.45) is 0. The van der Waals surface area contributed by atoms with Crippen molar-refractivity contribution >= 4 is 21.9 Å². The highest BCUT2D eigenvalue weighted by Gasteiger charge is 2.16. The zero-order valence-corrected chi connectivity index (χ0v) is 20.0. The molecular weight excluding hydrogens is 432 g/mol. The standard InChI is InChI=1S/C36H26/c1-4-14-29(15-5-1)35(30-16-6-2-7-17-30)36(31-18-8-3-9-19-31)32-25-23-28(24-26-32)34-22-12-20-27-13-10-11-21-33(27)34/h1-26H. The monoisotopic (exact) mass is 458 g/mol. The van der Waals surface area contributed by atoms with Crippen LogP contribution in [0.1, 0.15) is 22.3 Å². The first-order valence-corrected chi connectivity index (χ1v) is 12.4. The first-order valence-electron chi connectivity index (χ1n) is 12.4. The minimum Gasteiger partial charge on any atom is -0.0622 e. The fourth-order valence-corrected chi connectivity index (χ4v) is 5.02. The van der Waals surface area contributed by atoms with Crippen molar-refractivity contribution in [2.45, 2.75) is 0 Å². The molecule has 0 saturated carbocycles. The van der Waals surface area contributed by atoms with Gasteiger partial charge in [0.2, 0.25) is 0 Å². The summed E-state index contributed by atoms with van der Waals surface area (Å²) in [5.41, 5.74) is 9.78. The molecule has 0 bridgehead atoms. The molecule has 0 saturated heterocycles. The van der Waals surface area contributed by atoms with Crippen LogP contribution < -0.4 is 0 Å². The maximum atomic E-state index is 2.27. The van der Waals surface area contributed by atoms with Crippen LogP contribution >= 0.6 is 0 Å². The molecule has 0 fully saturated rings. The predicted octanol–water partition coefficient (Wildman–Crippen LogP) is 9.51. The highest BCUT2D eigenvalue weighted by molar-refractivity contribution is 6.05. The van der Waals surface area contributed by atoms with Gasteiger partial charge in [-0.15, -0.1) is 0 Å². The van der Waals surface area contributed by atoms with Gasteiger partial charge in [0.05, 0.1) is 0 Å². The lowest BCUT2D eigenvalue weighted by molar-refractivity contribution is 1.50. The minimum atomic E-state index is 1.20. The van der Waals surface area contributed by atoms with Crippen LogP contribution in [0.3, 0.4) is 0 Å². The second-order valence-electron chi connectivity index (χ2n) is 8.95. The van der Waals surface area contributed by atoms with Crippen molar-refractivity contribution in [1.82, 2.24) is 0 Å². The summed E-state index contributed by atoms with van der Waals surface area (Å²) in [6, 6.07) is 56.3. The molecule has 0 unspecified atom stereocenters. The van der Waals surface area contributed by atoms with Gasteiger partial charge in [0.1, 0.15) is 0 Å². The maximum absolute atomic E-state index is 2.27. The third kappa shape index (κ3) is 4.26. The SMILES string of the molecule is c1ccc(C(=C(c2ccccc2)c2ccc(-c3cccc4ccccc34)cc2)c2ccccc2)cc1. The Morgan fingerprint density at radius 1 is 0.306 bits per heavy atom. The van der Waals surface area contributed by atoms with E-state index < -0.39 is 0 Å². The van der Waals surface area contributed by atoms with Gasteiger partial charge in [-0.2, -0.15) is 0 Å². The van der Waals surface area contributed by atoms with Crippen molar-refractivity contribution < 1.29 is 0 Å². The second-order valence-corrected chi connectivity index (χ2v) is 8.95. The molecule has 0 aliphatic carbocycles. The third-order valence-corrected chi connectivity index (χ3v) is 6.71. The Labute approximate surface area is 212 Å². The molecular formula is C36H26. The molecule has 36 heavy (non-hydrogen) atoms. The topological polar surface area (TPSA) is 0 Å². The lowest BCUT2D eigenvalue weighted by Crippen LogP contribution is -1.97. The normalized spacial score (nSPS) is 10.8. The van der Waals surface area contributed by atoms with E-state index in [1.165, 1.54) is 55.3 Å². The second kappa shape index (κ2) is 9.90. The average Bonchev–Trinajstić information content (AvgIpc) is 2.97. The first kappa shape index (κ1) is 21.8. The van der Waals surface area contributed by atoms with Crippen LogP contribution in [-0.4, -0.2) is 0 Å². The Morgan fingerprint density at radius 2 is 0.722 bits per heavy atom. The number of hydrogen-bond donors (Lipinski definition) is 0. The van der Waals surface area contributed by atoms with Gasteiger partial charge in [-0.25, -0.2) is 0 Å². The van der Waals surface area contributed by atoms with Crippen molar-refractivity contribution in [3.63, 3.8) is 0 Å². The molecule has 0 radical (unpaired) electrons. The minimum absolute atomic E-state index is 1.20. The highest BCUT2D eigenvalue weighted by atomic mass is 14.2. The lowest BCUT2D eigenvalue weighted by atomic mass is 9.85. The van der Waals surface area contributed by atoms with Gasteiger partial charge in [-0.05, 0) is 55.3 Å². The van der Waals surface area contributed by atoms with Gasteiger partial charge in [0, 0.05) is 0 Å². The number of hydrogen-bond acceptors (Lipinski definition) is 0.